The first-order chi connectivity index (χ1) is 30.4. The molecule has 0 saturated heterocycles. The van der Waals surface area contributed by atoms with Crippen molar-refractivity contribution in [2.45, 2.75) is 7.43 Å². The van der Waals surface area contributed by atoms with Gasteiger partial charge in [0.2, 0.25) is 0 Å². The van der Waals surface area contributed by atoms with E-state index in [4.69, 9.17) is 126 Å². The van der Waals surface area contributed by atoms with Crippen LogP contribution in [0.15, 0.2) is 0 Å². The summed E-state index contributed by atoms with van der Waals surface area (Å²) in [5.74, 6) is 0. The molecule has 0 saturated carbocycles. The van der Waals surface area contributed by atoms with Crippen molar-refractivity contribution in [3.05, 3.63) is 0 Å². The Bertz CT molecular complexity index is 82.2. The average molecular weight is 947 g/mol. The minimum absolute atomic E-state index is 0. The lowest BCUT2D eigenvalue weighted by atomic mass is 10.7. The molecule has 0 amide bonds. The Balaban J connectivity index is -0.00000000526. The third-order valence-corrected chi connectivity index (χ3v) is 0. The molecule has 0 aromatic carbocycles. The molecule has 61 heteroatoms. The van der Waals surface area contributed by atoms with Gasteiger partial charge in [0, 0.05) is 1.34 Å². The fourth-order valence-electron chi connectivity index (χ4n) is 0. The first-order valence-corrected chi connectivity index (χ1v) is 6.55. The summed E-state index contributed by atoms with van der Waals surface area (Å²) in [6, 6.07) is 0. The molecule has 0 aliphatic heterocycles. The number of halogens is 30. The molecular formula is CH7B30F30S. The van der Waals surface area contributed by atoms with Crippen molar-refractivity contribution in [3.8, 4) is 0 Å². The number of rotatable bonds is 0. The smallest absolute Gasteiger partial charge is 0.350 e. The molecule has 0 heterocycles. The first kappa shape index (κ1) is 239. The van der Waals surface area contributed by atoms with Crippen molar-refractivity contribution in [2.75, 3.05) is 0 Å². The summed E-state index contributed by atoms with van der Waals surface area (Å²) < 4.78 is 276. The van der Waals surface area contributed by atoms with Crippen molar-refractivity contribution in [2.24, 2.45) is 0 Å². The van der Waals surface area contributed by atoms with E-state index >= 15 is 0 Å². The van der Waals surface area contributed by atoms with Crippen LogP contribution in [0, 0.1) is 0 Å². The SMILES string of the molecule is C.S.[3H][B]F.[B]F.[B]F.[B]F.[B]F.[B]F.[B]F.[B]F.[B]F.[B]F.[B]F.[B]F.[B]F.[B]F.[B]F.[B]F.[B]F.[B]F.[B]F.[B]F.[B]F.[B]F.[B]F.[B]F.[B]F.[B]F.[B]F.[B]F.[B]F.[B]F. The van der Waals surface area contributed by atoms with Gasteiger partial charge in [-0.25, -0.2) is 0 Å². The second-order valence-electron chi connectivity index (χ2n) is 0. The lowest BCUT2D eigenvalue weighted by molar-refractivity contribution is 0.901. The number of hydrogen-bond acceptors (Lipinski definition) is 0. The van der Waals surface area contributed by atoms with Crippen LogP contribution in [0.5, 0.6) is 0 Å². The molecular weight excluding hydrogens is 938 g/mol. The molecule has 0 bridgehead atoms. The Labute approximate surface area is 394 Å². The summed E-state index contributed by atoms with van der Waals surface area (Å²) in [6.45, 7) is 0. The van der Waals surface area contributed by atoms with Gasteiger partial charge in [-0.15, -0.1) is 0 Å². The third-order valence-electron chi connectivity index (χ3n) is 0. The normalized spacial score (nSPS) is 2.58. The summed E-state index contributed by atoms with van der Waals surface area (Å²) in [6.07, 6.45) is 0. The molecule has 0 nitrogen and oxygen atoms in total. The number of hydrogen-bond donors (Lipinski definition) is 0. The lowest BCUT2D eigenvalue weighted by Gasteiger charge is -1.06. The van der Waals surface area contributed by atoms with E-state index in [1.54, 1.807) is 0 Å². The largest absolute Gasteiger partial charge is 0.350 e. The highest BCUT2D eigenvalue weighted by molar-refractivity contribution is 7.59. The molecule has 317 valence electrons. The van der Waals surface area contributed by atoms with E-state index in [0.29, 0.717) is 0 Å². The first-order valence-electron chi connectivity index (χ1n) is 7.12. The van der Waals surface area contributed by atoms with Crippen LogP contribution < -0.4 is 0 Å². The maximum Gasteiger partial charge on any atom is 0.350 e. The summed E-state index contributed by atoms with van der Waals surface area (Å²) in [5.41, 5.74) is 0. The van der Waals surface area contributed by atoms with Crippen LogP contribution in [0.2, 0.25) is 0 Å². The molecule has 0 aromatic rings. The Kier molecular flexibility index (Phi) is 21800000. The van der Waals surface area contributed by atoms with Crippen LogP contribution in [0.25, 0.3) is 0 Å². The van der Waals surface area contributed by atoms with Crippen LogP contribution >= 0.6 is 13.5 Å². The minimum Gasteiger partial charge on any atom is -0.350 e. The Morgan fingerprint density at radius 1 is 0.161 bits per heavy atom. The molecule has 0 N–H and O–H groups in total. The highest BCUT2D eigenvalue weighted by Gasteiger charge is 1.12. The van der Waals surface area contributed by atoms with E-state index in [1.165, 1.54) is 0 Å². The molecule has 62 heavy (non-hydrogen) atoms. The fraction of sp³-hybridized carbons (Fsp3) is 1.00. The molecule has 59 radical (unpaired) electrons. The Morgan fingerprint density at radius 3 is 0.161 bits per heavy atom. The van der Waals surface area contributed by atoms with Gasteiger partial charge in [-0.2, -0.15) is 13.5 Å². The zero-order valence-electron chi connectivity index (χ0n) is 30.2. The van der Waals surface area contributed by atoms with Gasteiger partial charge < -0.3 is 129 Å². The molecule has 0 aliphatic carbocycles. The zero-order valence-corrected chi connectivity index (χ0v) is 30.2. The van der Waals surface area contributed by atoms with Crippen molar-refractivity contribution in [1.82, 2.24) is 0 Å². The lowest BCUT2D eigenvalue weighted by Crippen LogP contribution is -1.06. The molecule has 0 aliphatic rings. The molecule has 0 spiro atoms. The van der Waals surface area contributed by atoms with Crippen molar-refractivity contribution in [1.29, 1.82) is 1.34 Å². The summed E-state index contributed by atoms with van der Waals surface area (Å²) in [5, 5.41) is 0. The molecule has 0 fully saturated rings. The van der Waals surface area contributed by atoms with Crippen LogP contribution in [-0.4, -0.2) is 245 Å². The summed E-state index contributed by atoms with van der Waals surface area (Å²) in [4.78, 5) is 0. The average Bonchev–Trinajstić information content (AvgIpc) is 3.50. The van der Waals surface area contributed by atoms with Gasteiger partial charge in [0.1, 0.15) is 0 Å². The standard InChI is InChI=1S/CH4.BFH.29BF.H2S/c;30*1-2;/h1H4;1H;;;;;;;;;;;;;;;;;;;;;;;;;;;;;;1H2/i;1T;;;;;;;;;;;;;;;;;;;;;;;;;;;;;;. The second-order valence-corrected chi connectivity index (χ2v) is 0. The maximum atomic E-state index is 9.83. The Hall–Kier alpha value is 0.198. The predicted octanol–water partition coefficient (Wildman–Crippen LogP) is 1.66. The zero-order chi connectivity index (χ0) is 60.7. The predicted molar refractivity (Wildman–Crippen MR) is 224 cm³/mol. The monoisotopic (exact) mass is 953 g/mol. The molecule has 0 unspecified atom stereocenters. The van der Waals surface area contributed by atoms with E-state index in [0.717, 1.165) is 0 Å². The van der Waals surface area contributed by atoms with E-state index < -0.39 is 0 Å². The highest BCUT2D eigenvalue weighted by Crippen LogP contribution is 1.15. The van der Waals surface area contributed by atoms with Gasteiger partial charge in [-0.3, -0.25) is 0 Å². The Morgan fingerprint density at radius 2 is 0.161 bits per heavy atom. The van der Waals surface area contributed by atoms with Gasteiger partial charge in [0.05, 0.1) is 0 Å². The van der Waals surface area contributed by atoms with Crippen LogP contribution in [0.3, 0.4) is 0 Å². The maximum absolute atomic E-state index is 9.83. The van der Waals surface area contributed by atoms with Gasteiger partial charge in [0.25, 0.3) is 0 Å². The quantitative estimate of drug-likeness (QED) is 0.257. The van der Waals surface area contributed by atoms with E-state index in [-0.39, 0.29) is 29.0 Å². The van der Waals surface area contributed by atoms with Gasteiger partial charge in [0.15, 0.2) is 0 Å². The third kappa shape index (κ3) is 5380000. The topological polar surface area (TPSA) is 0 Å². The fourth-order valence-corrected chi connectivity index (χ4v) is 0. The summed E-state index contributed by atoms with van der Waals surface area (Å²) >= 11 is 0. The van der Waals surface area contributed by atoms with E-state index in [9.17, 15) is 4.32 Å². The van der Waals surface area contributed by atoms with E-state index in [1.807, 2.05) is 0 Å². The highest BCUT2D eigenvalue weighted by atomic mass is 32.1. The molecule has 0 aromatic heterocycles. The van der Waals surface area contributed by atoms with Gasteiger partial charge >= 0.3 is 244 Å². The summed E-state index contributed by atoms with van der Waals surface area (Å²) in [7, 11) is 86.8. The van der Waals surface area contributed by atoms with Crippen LogP contribution in [0.1, 0.15) is 7.43 Å². The van der Waals surface area contributed by atoms with Crippen molar-refractivity contribution < 1.29 is 129 Å². The second kappa shape index (κ2) is 5650000. The minimum atomic E-state index is -0.250. The van der Waals surface area contributed by atoms with Crippen molar-refractivity contribution in [3.63, 3.8) is 0 Å². The molecule has 0 atom stereocenters. The van der Waals surface area contributed by atoms with Crippen LogP contribution in [-0.2, 0) is 0 Å². The molecule has 0 rings (SSSR count). The van der Waals surface area contributed by atoms with Crippen LogP contribution in [0.4, 0.5) is 129 Å². The van der Waals surface area contributed by atoms with E-state index in [2.05, 4.69) is 236 Å². The van der Waals surface area contributed by atoms with Crippen molar-refractivity contribution >= 4 is 257 Å². The van der Waals surface area contributed by atoms with Gasteiger partial charge in [-0.1, -0.05) is 7.43 Å². The van der Waals surface area contributed by atoms with Gasteiger partial charge in [-0.05, 0) is 0 Å².